The topological polar surface area (TPSA) is 47.9 Å². The van der Waals surface area contributed by atoms with Gasteiger partial charge in [-0.2, -0.15) is 0 Å². The quantitative estimate of drug-likeness (QED) is 0.725. The molecule has 28 heavy (non-hydrogen) atoms. The second-order valence-corrected chi connectivity index (χ2v) is 11.3. The predicted molar refractivity (Wildman–Crippen MR) is 106 cm³/mol. The molecule has 4 nitrogen and oxygen atoms in total. The van der Waals surface area contributed by atoms with Crippen molar-refractivity contribution in [3.8, 4) is 0 Å². The summed E-state index contributed by atoms with van der Waals surface area (Å²) < 4.78 is 18.9. The minimum Gasteiger partial charge on any atom is -0.396 e. The molecule has 158 valence electrons. The maximum atomic E-state index is 10.8. The summed E-state index contributed by atoms with van der Waals surface area (Å²) in [6.45, 7) is 5.33. The zero-order chi connectivity index (χ0) is 19.0. The van der Waals surface area contributed by atoms with Crippen LogP contribution in [0, 0.1) is 34.5 Å². The molecule has 0 amide bonds. The molecule has 0 bridgehead atoms. The van der Waals surface area contributed by atoms with E-state index in [9.17, 15) is 5.11 Å². The lowest BCUT2D eigenvalue weighted by molar-refractivity contribution is -0.252. The molecule has 7 atom stereocenters. The van der Waals surface area contributed by atoms with Gasteiger partial charge >= 0.3 is 0 Å². The molecule has 2 aliphatic heterocycles. The number of aliphatic hydroxyl groups excluding tert-OH is 1. The average Bonchev–Trinajstić information content (AvgIpc) is 3.43. The van der Waals surface area contributed by atoms with Crippen molar-refractivity contribution in [1.82, 2.24) is 0 Å². The smallest absolute Gasteiger partial charge is 0.174 e. The van der Waals surface area contributed by atoms with E-state index < -0.39 is 0 Å². The van der Waals surface area contributed by atoms with Gasteiger partial charge in [-0.25, -0.2) is 0 Å². The van der Waals surface area contributed by atoms with E-state index in [1.54, 1.807) is 0 Å². The zero-order valence-electron chi connectivity index (χ0n) is 17.6. The van der Waals surface area contributed by atoms with Crippen molar-refractivity contribution in [3.05, 3.63) is 0 Å². The molecule has 2 spiro atoms. The van der Waals surface area contributed by atoms with Gasteiger partial charge in [0.05, 0.1) is 18.8 Å². The molecule has 6 fully saturated rings. The van der Waals surface area contributed by atoms with Gasteiger partial charge in [0.2, 0.25) is 0 Å². The Labute approximate surface area is 169 Å². The Bertz CT molecular complexity index is 622. The molecule has 2 heterocycles. The Morgan fingerprint density at radius 3 is 2.39 bits per heavy atom. The molecular formula is C24H38O4. The lowest BCUT2D eigenvalue weighted by Gasteiger charge is -2.63. The fourth-order valence-corrected chi connectivity index (χ4v) is 9.42. The molecule has 0 aromatic rings. The Balaban J connectivity index is 1.30. The van der Waals surface area contributed by atoms with Gasteiger partial charge in [0, 0.05) is 25.0 Å². The van der Waals surface area contributed by atoms with E-state index in [0.717, 1.165) is 32.2 Å². The first-order valence-corrected chi connectivity index (χ1v) is 12.1. The highest BCUT2D eigenvalue weighted by Gasteiger charge is 2.68. The van der Waals surface area contributed by atoms with Crippen LogP contribution in [0.2, 0.25) is 0 Å². The van der Waals surface area contributed by atoms with E-state index in [-0.39, 0.29) is 22.2 Å². The number of hydrogen-bond acceptors (Lipinski definition) is 4. The van der Waals surface area contributed by atoms with Crippen molar-refractivity contribution < 1.29 is 19.3 Å². The van der Waals surface area contributed by atoms with Crippen LogP contribution in [0.15, 0.2) is 0 Å². The van der Waals surface area contributed by atoms with Crippen LogP contribution in [0.3, 0.4) is 0 Å². The summed E-state index contributed by atoms with van der Waals surface area (Å²) in [5.74, 6) is 2.48. The lowest BCUT2D eigenvalue weighted by atomic mass is 9.43. The monoisotopic (exact) mass is 390 g/mol. The van der Waals surface area contributed by atoms with Crippen molar-refractivity contribution in [1.29, 1.82) is 0 Å². The highest BCUT2D eigenvalue weighted by molar-refractivity contribution is 5.14. The van der Waals surface area contributed by atoms with Crippen LogP contribution < -0.4 is 0 Å². The molecule has 2 saturated heterocycles. The molecule has 6 aliphatic rings. The molecule has 0 aromatic carbocycles. The first-order chi connectivity index (χ1) is 13.6. The highest BCUT2D eigenvalue weighted by Crippen LogP contribution is 2.70. The Kier molecular flexibility index (Phi) is 4.11. The van der Waals surface area contributed by atoms with Gasteiger partial charge < -0.3 is 19.3 Å². The predicted octanol–water partition coefficient (Wildman–Crippen LogP) is 4.29. The Hall–Kier alpha value is -0.160. The standard InChI is InChI=1S/C24H38O4/c1-21-8-5-20-18(19(21)6-9-24(21)27-13-14-28-24)4-3-17-15-22(7-2-12-26-22)10-11-23(17,20)16-25/h17-20,25H,2-16H2,1H3. The van der Waals surface area contributed by atoms with Crippen molar-refractivity contribution in [2.24, 2.45) is 34.5 Å². The minimum absolute atomic E-state index is 0.147. The summed E-state index contributed by atoms with van der Waals surface area (Å²) in [5, 5.41) is 10.8. The van der Waals surface area contributed by atoms with Gasteiger partial charge in [-0.1, -0.05) is 6.92 Å². The van der Waals surface area contributed by atoms with Crippen LogP contribution in [0.4, 0.5) is 0 Å². The number of rotatable bonds is 1. The van der Waals surface area contributed by atoms with E-state index in [2.05, 4.69) is 6.92 Å². The number of aliphatic hydroxyl groups is 1. The number of hydrogen-bond donors (Lipinski definition) is 1. The third-order valence-electron chi connectivity index (χ3n) is 10.8. The molecule has 7 unspecified atom stereocenters. The summed E-state index contributed by atoms with van der Waals surface area (Å²) in [5.41, 5.74) is 0.468. The summed E-state index contributed by atoms with van der Waals surface area (Å²) in [6.07, 6.45) is 13.4. The van der Waals surface area contributed by atoms with Gasteiger partial charge in [0.15, 0.2) is 5.79 Å². The van der Waals surface area contributed by atoms with Gasteiger partial charge in [0.1, 0.15) is 0 Å². The van der Waals surface area contributed by atoms with Crippen molar-refractivity contribution in [2.45, 2.75) is 88.9 Å². The number of fused-ring (bicyclic) bond motifs is 6. The maximum absolute atomic E-state index is 10.8. The summed E-state index contributed by atoms with van der Waals surface area (Å²) in [7, 11) is 0. The summed E-state index contributed by atoms with van der Waals surface area (Å²) in [4.78, 5) is 0. The lowest BCUT2D eigenvalue weighted by Crippen LogP contribution is -2.60. The van der Waals surface area contributed by atoms with Crippen molar-refractivity contribution in [3.63, 3.8) is 0 Å². The maximum Gasteiger partial charge on any atom is 0.174 e. The van der Waals surface area contributed by atoms with Gasteiger partial charge in [-0.3, -0.25) is 0 Å². The molecule has 6 rings (SSSR count). The fraction of sp³-hybridized carbons (Fsp3) is 1.00. The number of ether oxygens (including phenoxy) is 3. The van der Waals surface area contributed by atoms with Crippen LogP contribution in [0.5, 0.6) is 0 Å². The molecule has 0 radical (unpaired) electrons. The molecule has 0 aromatic heterocycles. The molecule has 4 saturated carbocycles. The largest absolute Gasteiger partial charge is 0.396 e. The highest BCUT2D eigenvalue weighted by atomic mass is 16.7. The first kappa shape index (κ1) is 18.6. The van der Waals surface area contributed by atoms with Crippen LogP contribution in [0.1, 0.15) is 77.6 Å². The summed E-state index contributed by atoms with van der Waals surface area (Å²) in [6, 6.07) is 0. The van der Waals surface area contributed by atoms with Gasteiger partial charge in [0.25, 0.3) is 0 Å². The molecular weight excluding hydrogens is 352 g/mol. The van der Waals surface area contributed by atoms with E-state index in [1.807, 2.05) is 0 Å². The van der Waals surface area contributed by atoms with Gasteiger partial charge in [-0.15, -0.1) is 0 Å². The van der Waals surface area contributed by atoms with Gasteiger partial charge in [-0.05, 0) is 93.3 Å². The van der Waals surface area contributed by atoms with Crippen molar-refractivity contribution >= 4 is 0 Å². The normalized spacial score (nSPS) is 54.6. The van der Waals surface area contributed by atoms with E-state index in [0.29, 0.717) is 24.4 Å². The van der Waals surface area contributed by atoms with Crippen molar-refractivity contribution in [2.75, 3.05) is 26.4 Å². The summed E-state index contributed by atoms with van der Waals surface area (Å²) >= 11 is 0. The second-order valence-electron chi connectivity index (χ2n) is 11.3. The zero-order valence-corrected chi connectivity index (χ0v) is 17.6. The van der Waals surface area contributed by atoms with E-state index in [4.69, 9.17) is 14.2 Å². The first-order valence-electron chi connectivity index (χ1n) is 12.1. The Morgan fingerprint density at radius 1 is 0.821 bits per heavy atom. The van der Waals surface area contributed by atoms with Crippen LogP contribution in [0.25, 0.3) is 0 Å². The second kappa shape index (κ2) is 6.18. The van der Waals surface area contributed by atoms with Crippen LogP contribution in [-0.2, 0) is 14.2 Å². The van der Waals surface area contributed by atoms with Crippen LogP contribution >= 0.6 is 0 Å². The third kappa shape index (κ3) is 2.22. The average molecular weight is 391 g/mol. The van der Waals surface area contributed by atoms with E-state index in [1.165, 1.54) is 64.2 Å². The fourth-order valence-electron chi connectivity index (χ4n) is 9.42. The third-order valence-corrected chi connectivity index (χ3v) is 10.8. The van der Waals surface area contributed by atoms with Crippen LogP contribution in [-0.4, -0.2) is 42.9 Å². The molecule has 4 heteroatoms. The molecule has 1 N–H and O–H groups in total. The Morgan fingerprint density at radius 2 is 1.64 bits per heavy atom. The minimum atomic E-state index is -0.305. The SMILES string of the molecule is CC12CCC3C(CCC4CC5(CCCO5)CCC43CO)C1CCC21OCCO1. The van der Waals surface area contributed by atoms with E-state index >= 15 is 0 Å². The molecule has 4 aliphatic carbocycles.